The Balaban J connectivity index is 1.88. The molecule has 1 aliphatic heterocycles. The van der Waals surface area contributed by atoms with E-state index in [1.807, 2.05) is 18.2 Å². The summed E-state index contributed by atoms with van der Waals surface area (Å²) >= 11 is 16.3. The molecule has 4 nitrogen and oxygen atoms in total. The van der Waals surface area contributed by atoms with Crippen LogP contribution in [0, 0.1) is 0 Å². The average Bonchev–Trinajstić information content (AvgIpc) is 2.99. The van der Waals surface area contributed by atoms with Crippen molar-refractivity contribution in [2.24, 2.45) is 0 Å². The van der Waals surface area contributed by atoms with Crippen molar-refractivity contribution in [1.82, 2.24) is 4.90 Å². The van der Waals surface area contributed by atoms with Crippen LogP contribution in [0.5, 0.6) is 0 Å². The Bertz CT molecular complexity index is 849. The number of fused-ring (bicyclic) bond motifs is 1. The van der Waals surface area contributed by atoms with Crippen LogP contribution in [-0.2, 0) is 9.53 Å². The summed E-state index contributed by atoms with van der Waals surface area (Å²) < 4.78 is 12.2. The Morgan fingerprint density at radius 2 is 2.29 bits per heavy atom. The van der Waals surface area contributed by atoms with Crippen LogP contribution in [0.1, 0.15) is 12.2 Å². The molecule has 126 valence electrons. The highest BCUT2D eigenvalue weighted by molar-refractivity contribution is 9.10. The predicted molar refractivity (Wildman–Crippen MR) is 105 cm³/mol. The molecule has 8 heteroatoms. The van der Waals surface area contributed by atoms with Crippen LogP contribution in [0.3, 0.4) is 0 Å². The van der Waals surface area contributed by atoms with Gasteiger partial charge in [0.25, 0.3) is 5.91 Å². The van der Waals surface area contributed by atoms with Crippen molar-refractivity contribution in [3.05, 3.63) is 38.4 Å². The first-order chi connectivity index (χ1) is 11.5. The van der Waals surface area contributed by atoms with Gasteiger partial charge >= 0.3 is 0 Å². The minimum absolute atomic E-state index is 0.126. The lowest BCUT2D eigenvalue weighted by Crippen LogP contribution is -2.29. The van der Waals surface area contributed by atoms with Gasteiger partial charge in [0.05, 0.1) is 9.93 Å². The highest BCUT2D eigenvalue weighted by atomic mass is 79.9. The number of rotatable bonds is 5. The van der Waals surface area contributed by atoms with E-state index < -0.39 is 0 Å². The van der Waals surface area contributed by atoms with Crippen molar-refractivity contribution < 1.29 is 13.9 Å². The second-order valence-electron chi connectivity index (χ2n) is 5.10. The van der Waals surface area contributed by atoms with Crippen LogP contribution in [0.15, 0.2) is 32.0 Å². The number of furan rings is 1. The molecule has 1 amide bonds. The van der Waals surface area contributed by atoms with Gasteiger partial charge in [0.15, 0.2) is 0 Å². The second kappa shape index (κ2) is 7.58. The number of thiocarbonyl (C=S) groups is 1. The Morgan fingerprint density at radius 3 is 3.04 bits per heavy atom. The summed E-state index contributed by atoms with van der Waals surface area (Å²) in [5.74, 6) is 0.334. The molecule has 0 bridgehead atoms. The third-order valence-electron chi connectivity index (χ3n) is 3.48. The van der Waals surface area contributed by atoms with Crippen molar-refractivity contribution in [3.8, 4) is 0 Å². The van der Waals surface area contributed by atoms with E-state index in [1.54, 1.807) is 18.1 Å². The predicted octanol–water partition coefficient (Wildman–Crippen LogP) is 5.09. The normalized spacial score (nSPS) is 16.8. The number of thioether (sulfide) groups is 1. The molecule has 3 rings (SSSR count). The van der Waals surface area contributed by atoms with Gasteiger partial charge in [-0.25, -0.2) is 0 Å². The fourth-order valence-corrected chi connectivity index (χ4v) is 4.21. The zero-order valence-electron chi connectivity index (χ0n) is 12.7. The Hall–Kier alpha value is -0.860. The molecular weight excluding hydrogens is 434 g/mol. The van der Waals surface area contributed by atoms with Gasteiger partial charge in [0.1, 0.15) is 15.7 Å². The van der Waals surface area contributed by atoms with E-state index in [2.05, 4.69) is 15.9 Å². The number of carbonyl (C=O) groups is 1. The van der Waals surface area contributed by atoms with Gasteiger partial charge in [0, 0.05) is 36.2 Å². The standard InChI is InChI=1S/C16H13BrClNO3S2/c1-21-6-2-5-19-15(20)13(24-16(19)23)8-12-14(18)10-7-9(17)3-4-11(10)22-12/h3-4,7-8H,2,5-6H2,1H3. The van der Waals surface area contributed by atoms with Crippen molar-refractivity contribution in [3.63, 3.8) is 0 Å². The summed E-state index contributed by atoms with van der Waals surface area (Å²) in [6, 6.07) is 5.59. The first kappa shape index (κ1) is 17.9. The maximum Gasteiger partial charge on any atom is 0.266 e. The summed E-state index contributed by atoms with van der Waals surface area (Å²) in [7, 11) is 1.63. The molecule has 2 heterocycles. The van der Waals surface area contributed by atoms with Gasteiger partial charge in [0.2, 0.25) is 0 Å². The van der Waals surface area contributed by atoms with Crippen LogP contribution in [0.25, 0.3) is 17.0 Å². The average molecular weight is 447 g/mol. The lowest BCUT2D eigenvalue weighted by molar-refractivity contribution is -0.122. The van der Waals surface area contributed by atoms with E-state index in [0.29, 0.717) is 38.7 Å². The molecule has 1 saturated heterocycles. The smallest absolute Gasteiger partial charge is 0.266 e. The van der Waals surface area contributed by atoms with Crippen molar-refractivity contribution in [2.45, 2.75) is 6.42 Å². The Morgan fingerprint density at radius 1 is 1.50 bits per heavy atom. The van der Waals surface area contributed by atoms with Crippen molar-refractivity contribution >= 4 is 78.8 Å². The largest absolute Gasteiger partial charge is 0.455 e. The van der Waals surface area contributed by atoms with Crippen LogP contribution in [-0.4, -0.2) is 35.4 Å². The summed E-state index contributed by atoms with van der Waals surface area (Å²) in [5.41, 5.74) is 0.671. The topological polar surface area (TPSA) is 42.7 Å². The molecule has 0 N–H and O–H groups in total. The molecule has 1 aromatic carbocycles. The third kappa shape index (κ3) is 3.55. The molecule has 0 aliphatic carbocycles. The SMILES string of the molecule is COCCCN1C(=O)C(=Cc2oc3ccc(Br)cc3c2Cl)SC1=S. The van der Waals surface area contributed by atoms with Crippen LogP contribution in [0.2, 0.25) is 5.02 Å². The molecule has 1 aromatic heterocycles. The van der Waals surface area contributed by atoms with Crippen LogP contribution in [0.4, 0.5) is 0 Å². The number of amides is 1. The second-order valence-corrected chi connectivity index (χ2v) is 8.07. The maximum atomic E-state index is 12.5. The number of hydrogen-bond acceptors (Lipinski definition) is 5. The minimum Gasteiger partial charge on any atom is -0.455 e. The fourth-order valence-electron chi connectivity index (χ4n) is 2.33. The van der Waals surface area contributed by atoms with Gasteiger partial charge in [-0.2, -0.15) is 0 Å². The molecule has 0 spiro atoms. The number of carbonyl (C=O) groups excluding carboxylic acids is 1. The highest BCUT2D eigenvalue weighted by Gasteiger charge is 2.32. The molecule has 0 unspecified atom stereocenters. The number of hydrogen-bond donors (Lipinski definition) is 0. The lowest BCUT2D eigenvalue weighted by atomic mass is 10.2. The highest BCUT2D eigenvalue weighted by Crippen LogP contribution is 2.37. The Labute approximate surface area is 162 Å². The maximum absolute atomic E-state index is 12.5. The molecule has 24 heavy (non-hydrogen) atoms. The minimum atomic E-state index is -0.126. The van der Waals surface area contributed by atoms with Gasteiger partial charge in [-0.15, -0.1) is 0 Å². The van der Waals surface area contributed by atoms with Crippen molar-refractivity contribution in [2.75, 3.05) is 20.3 Å². The monoisotopic (exact) mass is 445 g/mol. The molecule has 0 atom stereocenters. The third-order valence-corrected chi connectivity index (χ3v) is 5.74. The molecule has 0 saturated carbocycles. The van der Waals surface area contributed by atoms with Gasteiger partial charge in [-0.1, -0.05) is 51.5 Å². The van der Waals surface area contributed by atoms with Gasteiger partial charge < -0.3 is 9.15 Å². The number of nitrogens with zero attached hydrogens (tertiary/aromatic N) is 1. The van der Waals surface area contributed by atoms with E-state index in [9.17, 15) is 4.79 Å². The van der Waals surface area contributed by atoms with Crippen LogP contribution < -0.4 is 0 Å². The quantitative estimate of drug-likeness (QED) is 0.364. The number of methoxy groups -OCH3 is 1. The van der Waals surface area contributed by atoms with Gasteiger partial charge in [-0.3, -0.25) is 9.69 Å². The zero-order chi connectivity index (χ0) is 17.3. The molecule has 0 radical (unpaired) electrons. The fraction of sp³-hybridized carbons (Fsp3) is 0.250. The summed E-state index contributed by atoms with van der Waals surface area (Å²) in [6.45, 7) is 1.12. The van der Waals surface area contributed by atoms with Crippen molar-refractivity contribution in [1.29, 1.82) is 0 Å². The van der Waals surface area contributed by atoms with E-state index in [0.717, 1.165) is 16.3 Å². The van der Waals surface area contributed by atoms with E-state index in [1.165, 1.54) is 11.8 Å². The first-order valence-corrected chi connectivity index (χ1v) is 9.52. The number of ether oxygens (including phenoxy) is 1. The summed E-state index contributed by atoms with van der Waals surface area (Å²) in [6.07, 6.45) is 2.39. The van der Waals surface area contributed by atoms with E-state index >= 15 is 0 Å². The Kier molecular flexibility index (Phi) is 5.66. The summed E-state index contributed by atoms with van der Waals surface area (Å²) in [4.78, 5) is 14.6. The number of benzene rings is 1. The number of halogens is 2. The first-order valence-electron chi connectivity index (χ1n) is 7.13. The van der Waals surface area contributed by atoms with E-state index in [-0.39, 0.29) is 5.91 Å². The molecule has 2 aromatic rings. The van der Waals surface area contributed by atoms with Gasteiger partial charge in [-0.05, 0) is 24.6 Å². The molecule has 1 fully saturated rings. The van der Waals surface area contributed by atoms with E-state index in [4.69, 9.17) is 33.0 Å². The zero-order valence-corrected chi connectivity index (χ0v) is 16.7. The van der Waals surface area contributed by atoms with Crippen LogP contribution >= 0.6 is 51.5 Å². The molecule has 1 aliphatic rings. The summed E-state index contributed by atoms with van der Waals surface area (Å²) in [5, 5.41) is 1.28. The molecular formula is C16H13BrClNO3S2. The lowest BCUT2D eigenvalue weighted by Gasteiger charge is -2.13.